The van der Waals surface area contributed by atoms with E-state index in [1.807, 2.05) is 0 Å². The molecule has 2 aromatic carbocycles. The summed E-state index contributed by atoms with van der Waals surface area (Å²) >= 11 is 0. The standard InChI is InChI=1S/C23H30N2/c1-24(18-19-10-3-2-4-11-19)22-15-9-13-20-12-5-6-14-21(20)23(22)25-16-7-8-17-25/h2-6,10-12,14,22-23H,7-9,13,15-18H2,1H3/t22-,23-/m1/s1. The molecule has 0 saturated carbocycles. The Morgan fingerprint density at radius 3 is 2.44 bits per heavy atom. The van der Waals surface area contributed by atoms with E-state index in [0.29, 0.717) is 12.1 Å². The molecule has 0 radical (unpaired) electrons. The van der Waals surface area contributed by atoms with Gasteiger partial charge in [0.15, 0.2) is 0 Å². The highest BCUT2D eigenvalue weighted by molar-refractivity contribution is 5.33. The second-order valence-electron chi connectivity index (χ2n) is 7.75. The second kappa shape index (κ2) is 7.72. The van der Waals surface area contributed by atoms with Crippen molar-refractivity contribution < 1.29 is 0 Å². The molecule has 2 aromatic rings. The molecule has 0 N–H and O–H groups in total. The Hall–Kier alpha value is -1.64. The van der Waals surface area contributed by atoms with Crippen LogP contribution in [-0.2, 0) is 13.0 Å². The van der Waals surface area contributed by atoms with Crippen LogP contribution < -0.4 is 0 Å². The Balaban J connectivity index is 1.64. The van der Waals surface area contributed by atoms with Crippen molar-refractivity contribution in [2.24, 2.45) is 0 Å². The predicted molar refractivity (Wildman–Crippen MR) is 105 cm³/mol. The fraction of sp³-hybridized carbons (Fsp3) is 0.478. The van der Waals surface area contributed by atoms with Crippen molar-refractivity contribution in [1.82, 2.24) is 9.80 Å². The van der Waals surface area contributed by atoms with Crippen LogP contribution in [0.2, 0.25) is 0 Å². The molecule has 2 atom stereocenters. The van der Waals surface area contributed by atoms with Crippen molar-refractivity contribution in [2.75, 3.05) is 20.1 Å². The van der Waals surface area contributed by atoms with E-state index in [9.17, 15) is 0 Å². The van der Waals surface area contributed by atoms with Crippen LogP contribution >= 0.6 is 0 Å². The molecule has 4 rings (SSSR count). The molecule has 0 bridgehead atoms. The van der Waals surface area contributed by atoms with Crippen molar-refractivity contribution in [3.05, 3.63) is 71.3 Å². The maximum atomic E-state index is 2.76. The zero-order valence-corrected chi connectivity index (χ0v) is 15.4. The van der Waals surface area contributed by atoms with Crippen LogP contribution in [0.15, 0.2) is 54.6 Å². The molecule has 25 heavy (non-hydrogen) atoms. The first-order valence-electron chi connectivity index (χ1n) is 9.89. The zero-order chi connectivity index (χ0) is 17.1. The van der Waals surface area contributed by atoms with Gasteiger partial charge in [0.25, 0.3) is 0 Å². The molecule has 1 saturated heterocycles. The minimum atomic E-state index is 0.551. The Kier molecular flexibility index (Phi) is 5.19. The van der Waals surface area contributed by atoms with Gasteiger partial charge in [0.05, 0.1) is 6.04 Å². The van der Waals surface area contributed by atoms with Gasteiger partial charge in [-0.3, -0.25) is 9.80 Å². The number of rotatable bonds is 4. The largest absolute Gasteiger partial charge is 0.297 e. The van der Waals surface area contributed by atoms with Gasteiger partial charge in [-0.1, -0.05) is 54.6 Å². The van der Waals surface area contributed by atoms with E-state index in [1.165, 1.54) is 50.8 Å². The first-order chi connectivity index (χ1) is 12.3. The Morgan fingerprint density at radius 2 is 1.64 bits per heavy atom. The molecule has 1 aliphatic heterocycles. The smallest absolute Gasteiger partial charge is 0.0506 e. The van der Waals surface area contributed by atoms with Gasteiger partial charge in [0.2, 0.25) is 0 Å². The highest BCUT2D eigenvalue weighted by Crippen LogP contribution is 2.37. The van der Waals surface area contributed by atoms with Crippen LogP contribution in [0.3, 0.4) is 0 Å². The number of nitrogens with zero attached hydrogens (tertiary/aromatic N) is 2. The van der Waals surface area contributed by atoms with Gasteiger partial charge in [-0.2, -0.15) is 0 Å². The molecule has 0 amide bonds. The SMILES string of the molecule is CN(Cc1ccccc1)[C@@H]1CCCc2ccccc2[C@H]1N1CCCC1. The maximum Gasteiger partial charge on any atom is 0.0506 e. The van der Waals surface area contributed by atoms with Crippen molar-refractivity contribution in [2.45, 2.75) is 50.7 Å². The van der Waals surface area contributed by atoms with Crippen molar-refractivity contribution in [3.63, 3.8) is 0 Å². The lowest BCUT2D eigenvalue weighted by molar-refractivity contribution is 0.101. The number of hydrogen-bond donors (Lipinski definition) is 0. The third-order valence-corrected chi connectivity index (χ3v) is 6.06. The molecule has 1 fully saturated rings. The van der Waals surface area contributed by atoms with Crippen LogP contribution in [0, 0.1) is 0 Å². The third kappa shape index (κ3) is 3.65. The molecule has 0 spiro atoms. The van der Waals surface area contributed by atoms with E-state index in [1.54, 1.807) is 11.1 Å². The van der Waals surface area contributed by atoms with Crippen molar-refractivity contribution in [3.8, 4) is 0 Å². The Bertz CT molecular complexity index is 676. The molecule has 0 aromatic heterocycles. The number of fused-ring (bicyclic) bond motifs is 1. The quantitative estimate of drug-likeness (QED) is 0.750. The van der Waals surface area contributed by atoms with Gasteiger partial charge in [-0.05, 0) is 68.9 Å². The van der Waals surface area contributed by atoms with Gasteiger partial charge in [0.1, 0.15) is 0 Å². The fourth-order valence-electron chi connectivity index (χ4n) is 4.83. The third-order valence-electron chi connectivity index (χ3n) is 6.06. The summed E-state index contributed by atoms with van der Waals surface area (Å²) in [5, 5.41) is 0. The van der Waals surface area contributed by atoms with Crippen molar-refractivity contribution >= 4 is 0 Å². The number of aryl methyl sites for hydroxylation is 1. The summed E-state index contributed by atoms with van der Waals surface area (Å²) in [6.45, 7) is 3.56. The average molecular weight is 335 g/mol. The number of benzene rings is 2. The molecule has 0 unspecified atom stereocenters. The number of likely N-dealkylation sites (tertiary alicyclic amines) is 1. The summed E-state index contributed by atoms with van der Waals surface area (Å²) in [7, 11) is 2.33. The van der Waals surface area contributed by atoms with Gasteiger partial charge < -0.3 is 0 Å². The van der Waals surface area contributed by atoms with Crippen LogP contribution in [0.25, 0.3) is 0 Å². The molecule has 2 heteroatoms. The Morgan fingerprint density at radius 1 is 0.920 bits per heavy atom. The van der Waals surface area contributed by atoms with Crippen molar-refractivity contribution in [1.29, 1.82) is 0 Å². The fourth-order valence-corrected chi connectivity index (χ4v) is 4.83. The summed E-state index contributed by atoms with van der Waals surface area (Å²) in [5.74, 6) is 0. The summed E-state index contributed by atoms with van der Waals surface area (Å²) in [6.07, 6.45) is 6.53. The molecule has 1 aliphatic carbocycles. The van der Waals surface area contributed by atoms with E-state index in [-0.39, 0.29) is 0 Å². The zero-order valence-electron chi connectivity index (χ0n) is 15.4. The lowest BCUT2D eigenvalue weighted by Crippen LogP contribution is -2.43. The van der Waals surface area contributed by atoms with Gasteiger partial charge in [-0.25, -0.2) is 0 Å². The molecular formula is C23H30N2. The lowest BCUT2D eigenvalue weighted by atomic mass is 9.93. The minimum Gasteiger partial charge on any atom is -0.297 e. The van der Waals surface area contributed by atoms with Crippen LogP contribution in [0.4, 0.5) is 0 Å². The maximum absolute atomic E-state index is 2.76. The average Bonchev–Trinajstić information content (AvgIpc) is 3.10. The van der Waals surface area contributed by atoms with Crippen LogP contribution in [0.5, 0.6) is 0 Å². The minimum absolute atomic E-state index is 0.551. The normalized spacial score (nSPS) is 24.2. The number of hydrogen-bond acceptors (Lipinski definition) is 2. The predicted octanol–water partition coefficient (Wildman–Crippen LogP) is 4.66. The number of likely N-dealkylation sites (N-methyl/N-ethyl adjacent to an activating group) is 1. The second-order valence-corrected chi connectivity index (χ2v) is 7.75. The summed E-state index contributed by atoms with van der Waals surface area (Å²) in [4.78, 5) is 5.37. The van der Waals surface area contributed by atoms with Crippen LogP contribution in [0.1, 0.15) is 48.4 Å². The molecular weight excluding hydrogens is 304 g/mol. The van der Waals surface area contributed by atoms with E-state index in [0.717, 1.165) is 6.54 Å². The summed E-state index contributed by atoms with van der Waals surface area (Å²) in [6, 6.07) is 21.3. The van der Waals surface area contributed by atoms with Gasteiger partial charge in [0, 0.05) is 12.6 Å². The first kappa shape index (κ1) is 16.8. The van der Waals surface area contributed by atoms with E-state index < -0.39 is 0 Å². The summed E-state index contributed by atoms with van der Waals surface area (Å²) < 4.78 is 0. The van der Waals surface area contributed by atoms with E-state index >= 15 is 0 Å². The first-order valence-corrected chi connectivity index (χ1v) is 9.89. The van der Waals surface area contributed by atoms with Crippen LogP contribution in [-0.4, -0.2) is 36.0 Å². The van der Waals surface area contributed by atoms with Gasteiger partial charge in [-0.15, -0.1) is 0 Å². The van der Waals surface area contributed by atoms with Gasteiger partial charge >= 0.3 is 0 Å². The summed E-state index contributed by atoms with van der Waals surface area (Å²) in [5.41, 5.74) is 4.59. The topological polar surface area (TPSA) is 6.48 Å². The molecule has 2 nitrogen and oxygen atoms in total. The molecule has 132 valence electrons. The molecule has 1 heterocycles. The van der Waals surface area contributed by atoms with E-state index in [2.05, 4.69) is 71.4 Å². The highest BCUT2D eigenvalue weighted by atomic mass is 15.2. The Labute approximate surface area is 152 Å². The highest BCUT2D eigenvalue weighted by Gasteiger charge is 2.35. The molecule has 2 aliphatic rings. The lowest BCUT2D eigenvalue weighted by Gasteiger charge is -2.39. The monoisotopic (exact) mass is 334 g/mol. The van der Waals surface area contributed by atoms with E-state index in [4.69, 9.17) is 0 Å².